The van der Waals surface area contributed by atoms with Crippen LogP contribution in [-0.4, -0.2) is 53.6 Å². The van der Waals surface area contributed by atoms with Crippen LogP contribution < -0.4 is 5.73 Å². The Morgan fingerprint density at radius 3 is 2.47 bits per heavy atom. The predicted molar refractivity (Wildman–Crippen MR) is 62.2 cm³/mol. The molecule has 0 atom stereocenters. The largest absolute Gasteiger partial charge is 0.396 e. The first-order valence-electron chi connectivity index (χ1n) is 5.18. The molecule has 2 heterocycles. The van der Waals surface area contributed by atoms with Gasteiger partial charge in [-0.2, -0.15) is 5.10 Å². The Bertz CT molecular complexity index is 535. The van der Waals surface area contributed by atoms with E-state index in [1.807, 2.05) is 0 Å². The summed E-state index contributed by atoms with van der Waals surface area (Å²) in [6, 6.07) is 0. The van der Waals surface area contributed by atoms with Crippen molar-refractivity contribution in [2.75, 3.05) is 30.3 Å². The highest BCUT2D eigenvalue weighted by Crippen LogP contribution is 2.13. The van der Waals surface area contributed by atoms with Gasteiger partial charge in [-0.3, -0.25) is 9.48 Å². The molecule has 2 rings (SSSR count). The molecule has 0 spiro atoms. The number of anilines is 1. The molecular formula is C9H14N4O3S. The second kappa shape index (κ2) is 4.02. The molecule has 1 saturated heterocycles. The monoisotopic (exact) mass is 258 g/mol. The lowest BCUT2D eigenvalue weighted by Gasteiger charge is -2.26. The molecule has 0 aliphatic carbocycles. The van der Waals surface area contributed by atoms with Gasteiger partial charge in [0.25, 0.3) is 5.91 Å². The van der Waals surface area contributed by atoms with Crippen molar-refractivity contribution in [1.82, 2.24) is 14.7 Å². The van der Waals surface area contributed by atoms with Gasteiger partial charge in [-0.25, -0.2) is 8.42 Å². The first kappa shape index (κ1) is 11.9. The van der Waals surface area contributed by atoms with Crippen LogP contribution in [0.15, 0.2) is 6.20 Å². The van der Waals surface area contributed by atoms with Gasteiger partial charge in [0, 0.05) is 26.3 Å². The molecule has 0 unspecified atom stereocenters. The highest BCUT2D eigenvalue weighted by molar-refractivity contribution is 7.91. The summed E-state index contributed by atoms with van der Waals surface area (Å²) in [6.45, 7) is 0.411. The molecule has 0 aromatic carbocycles. The van der Waals surface area contributed by atoms with E-state index in [-0.39, 0.29) is 36.2 Å². The van der Waals surface area contributed by atoms with Crippen molar-refractivity contribution >= 4 is 21.4 Å². The predicted octanol–water partition coefficient (Wildman–Crippen LogP) is -1.13. The van der Waals surface area contributed by atoms with E-state index in [1.165, 1.54) is 9.58 Å². The standard InChI is InChI=1S/C9H14N4O3S/c1-12-6-7(10)8(11-12)9(14)13-2-4-17(15,16)5-3-13/h6H,2-5,10H2,1H3. The summed E-state index contributed by atoms with van der Waals surface area (Å²) in [5.74, 6) is -0.297. The van der Waals surface area contributed by atoms with Crippen LogP contribution in [0.4, 0.5) is 5.69 Å². The number of nitrogen functional groups attached to an aromatic ring is 1. The molecule has 1 aromatic rings. The van der Waals surface area contributed by atoms with E-state index in [0.717, 1.165) is 0 Å². The third kappa shape index (κ3) is 2.41. The van der Waals surface area contributed by atoms with E-state index < -0.39 is 9.84 Å². The molecule has 2 N–H and O–H groups in total. The van der Waals surface area contributed by atoms with Crippen molar-refractivity contribution in [3.05, 3.63) is 11.9 Å². The fourth-order valence-corrected chi connectivity index (χ4v) is 2.94. The number of amides is 1. The Morgan fingerprint density at radius 1 is 1.41 bits per heavy atom. The maximum atomic E-state index is 12.0. The topological polar surface area (TPSA) is 98.3 Å². The van der Waals surface area contributed by atoms with E-state index >= 15 is 0 Å². The van der Waals surface area contributed by atoms with Crippen molar-refractivity contribution in [3.63, 3.8) is 0 Å². The van der Waals surface area contributed by atoms with Gasteiger partial charge in [-0.15, -0.1) is 0 Å². The lowest BCUT2D eigenvalue weighted by molar-refractivity contribution is 0.0764. The third-order valence-electron chi connectivity index (χ3n) is 2.69. The zero-order chi connectivity index (χ0) is 12.6. The average molecular weight is 258 g/mol. The summed E-state index contributed by atoms with van der Waals surface area (Å²) in [5, 5.41) is 3.97. The third-order valence-corrected chi connectivity index (χ3v) is 4.30. The maximum absolute atomic E-state index is 12.0. The van der Waals surface area contributed by atoms with Crippen molar-refractivity contribution < 1.29 is 13.2 Å². The van der Waals surface area contributed by atoms with E-state index in [4.69, 9.17) is 5.73 Å². The fourth-order valence-electron chi connectivity index (χ4n) is 1.74. The molecule has 17 heavy (non-hydrogen) atoms. The molecule has 7 nitrogen and oxygen atoms in total. The zero-order valence-electron chi connectivity index (χ0n) is 9.46. The molecule has 0 bridgehead atoms. The van der Waals surface area contributed by atoms with E-state index in [9.17, 15) is 13.2 Å². The van der Waals surface area contributed by atoms with Crippen molar-refractivity contribution in [2.45, 2.75) is 0 Å². The van der Waals surface area contributed by atoms with E-state index in [2.05, 4.69) is 5.10 Å². The number of carbonyl (C=O) groups is 1. The van der Waals surface area contributed by atoms with Gasteiger partial charge in [-0.05, 0) is 0 Å². The minimum absolute atomic E-state index is 0.00543. The Balaban J connectivity index is 2.14. The average Bonchev–Trinajstić information content (AvgIpc) is 2.57. The van der Waals surface area contributed by atoms with Gasteiger partial charge in [-0.1, -0.05) is 0 Å². The lowest BCUT2D eigenvalue weighted by Crippen LogP contribution is -2.44. The normalized spacial score (nSPS) is 19.2. The summed E-state index contributed by atoms with van der Waals surface area (Å²) in [6.07, 6.45) is 1.55. The number of aryl methyl sites for hydroxylation is 1. The maximum Gasteiger partial charge on any atom is 0.276 e. The zero-order valence-corrected chi connectivity index (χ0v) is 10.3. The molecular weight excluding hydrogens is 244 g/mol. The quantitative estimate of drug-likeness (QED) is 0.687. The number of carbonyl (C=O) groups excluding carboxylic acids is 1. The second-order valence-corrected chi connectivity index (χ2v) is 6.35. The molecule has 1 aliphatic heterocycles. The molecule has 1 fully saturated rings. The minimum Gasteiger partial charge on any atom is -0.396 e. The Kier molecular flexibility index (Phi) is 2.82. The Morgan fingerprint density at radius 2 is 2.00 bits per heavy atom. The van der Waals surface area contributed by atoms with Gasteiger partial charge >= 0.3 is 0 Å². The number of aromatic nitrogens is 2. The molecule has 94 valence electrons. The van der Waals surface area contributed by atoms with E-state index in [0.29, 0.717) is 5.69 Å². The minimum atomic E-state index is -2.99. The van der Waals surface area contributed by atoms with E-state index in [1.54, 1.807) is 13.2 Å². The summed E-state index contributed by atoms with van der Waals surface area (Å²) >= 11 is 0. The summed E-state index contributed by atoms with van der Waals surface area (Å²) in [7, 11) is -1.31. The first-order valence-corrected chi connectivity index (χ1v) is 7.00. The summed E-state index contributed by atoms with van der Waals surface area (Å²) in [4.78, 5) is 13.5. The Labute approximate surface area is 99.1 Å². The summed E-state index contributed by atoms with van der Waals surface area (Å²) in [5.41, 5.74) is 6.15. The SMILES string of the molecule is Cn1cc(N)c(C(=O)N2CCS(=O)(=O)CC2)n1. The van der Waals surface area contributed by atoms with Gasteiger partial charge < -0.3 is 10.6 Å². The smallest absolute Gasteiger partial charge is 0.276 e. The van der Waals surface area contributed by atoms with Crippen LogP contribution in [0.25, 0.3) is 0 Å². The number of nitrogens with zero attached hydrogens (tertiary/aromatic N) is 3. The van der Waals surface area contributed by atoms with Crippen LogP contribution in [0.3, 0.4) is 0 Å². The van der Waals surface area contributed by atoms with Crippen LogP contribution in [0.2, 0.25) is 0 Å². The molecule has 1 aromatic heterocycles. The number of hydrogen-bond acceptors (Lipinski definition) is 5. The molecule has 0 radical (unpaired) electrons. The highest BCUT2D eigenvalue weighted by atomic mass is 32.2. The van der Waals surface area contributed by atoms with Crippen molar-refractivity contribution in [2.24, 2.45) is 7.05 Å². The number of sulfone groups is 1. The van der Waals surface area contributed by atoms with Crippen LogP contribution in [0.5, 0.6) is 0 Å². The second-order valence-electron chi connectivity index (χ2n) is 4.05. The Hall–Kier alpha value is -1.57. The summed E-state index contributed by atoms with van der Waals surface area (Å²) < 4.78 is 23.9. The first-order chi connectivity index (χ1) is 7.89. The van der Waals surface area contributed by atoms with Crippen LogP contribution in [-0.2, 0) is 16.9 Å². The van der Waals surface area contributed by atoms with Crippen LogP contribution >= 0.6 is 0 Å². The van der Waals surface area contributed by atoms with Gasteiger partial charge in [0.05, 0.1) is 17.2 Å². The van der Waals surface area contributed by atoms with Gasteiger partial charge in [0.1, 0.15) is 0 Å². The molecule has 8 heteroatoms. The van der Waals surface area contributed by atoms with Crippen molar-refractivity contribution in [3.8, 4) is 0 Å². The van der Waals surface area contributed by atoms with Gasteiger partial charge in [0.15, 0.2) is 15.5 Å². The number of nitrogens with two attached hydrogens (primary N) is 1. The van der Waals surface area contributed by atoms with Crippen molar-refractivity contribution in [1.29, 1.82) is 0 Å². The molecule has 0 saturated carbocycles. The fraction of sp³-hybridized carbons (Fsp3) is 0.556. The molecule has 1 amide bonds. The van der Waals surface area contributed by atoms with Crippen LogP contribution in [0.1, 0.15) is 10.5 Å². The molecule has 1 aliphatic rings. The number of hydrogen-bond donors (Lipinski definition) is 1. The van der Waals surface area contributed by atoms with Gasteiger partial charge in [0.2, 0.25) is 0 Å². The van der Waals surface area contributed by atoms with Crippen LogP contribution in [0, 0.1) is 0 Å². The number of rotatable bonds is 1. The lowest BCUT2D eigenvalue weighted by atomic mass is 10.3. The highest BCUT2D eigenvalue weighted by Gasteiger charge is 2.28.